The average molecular weight is 433 g/mol. The monoisotopic (exact) mass is 432 g/mol. The van der Waals surface area contributed by atoms with Crippen molar-refractivity contribution in [1.82, 2.24) is 15.5 Å². The molecule has 1 heterocycles. The minimum Gasteiger partial charge on any atom is -0.326 e. The molecule has 168 valence electrons. The summed E-state index contributed by atoms with van der Waals surface area (Å²) in [6.07, 6.45) is 10.4. The molecule has 0 atom stereocenters. The van der Waals surface area contributed by atoms with Crippen LogP contribution in [0.3, 0.4) is 0 Å². The van der Waals surface area contributed by atoms with E-state index in [1.807, 2.05) is 42.5 Å². The lowest BCUT2D eigenvalue weighted by Gasteiger charge is -2.15. The maximum Gasteiger partial charge on any atom is 0.272 e. The first-order valence-electron chi connectivity index (χ1n) is 11.8. The van der Waals surface area contributed by atoms with Crippen molar-refractivity contribution in [3.05, 3.63) is 58.9 Å². The molecule has 1 aliphatic rings. The molecule has 0 aliphatic heterocycles. The number of nitrogens with one attached hydrogen (secondary N) is 3. The van der Waals surface area contributed by atoms with E-state index in [0.717, 1.165) is 36.0 Å². The zero-order chi connectivity index (χ0) is 22.2. The average Bonchev–Trinajstić information content (AvgIpc) is 3.08. The van der Waals surface area contributed by atoms with Gasteiger partial charge in [-0.3, -0.25) is 9.59 Å². The van der Waals surface area contributed by atoms with Gasteiger partial charge in [-0.15, -0.1) is 0 Å². The Bertz CT molecular complexity index is 1100. The lowest BCUT2D eigenvalue weighted by atomic mass is 10.0. The minimum atomic E-state index is -0.206. The summed E-state index contributed by atoms with van der Waals surface area (Å²) in [6, 6.07) is 15.7. The van der Waals surface area contributed by atoms with Crippen LogP contribution in [0.4, 0.5) is 5.69 Å². The highest BCUT2D eigenvalue weighted by Gasteiger charge is 2.12. The number of hydrogen-bond donors (Lipinski definition) is 3. The number of hydrogen-bond acceptors (Lipinski definition) is 4. The number of fused-ring (bicyclic) bond motifs is 1. The zero-order valence-corrected chi connectivity index (χ0v) is 18.5. The van der Waals surface area contributed by atoms with Gasteiger partial charge < -0.3 is 10.6 Å². The number of anilines is 1. The number of H-pyrrole nitrogens is 1. The number of benzene rings is 2. The molecule has 0 unspecified atom stereocenters. The summed E-state index contributed by atoms with van der Waals surface area (Å²) >= 11 is 0. The van der Waals surface area contributed by atoms with Crippen LogP contribution in [0, 0.1) is 0 Å². The summed E-state index contributed by atoms with van der Waals surface area (Å²) < 4.78 is 0. The lowest BCUT2D eigenvalue weighted by Crippen LogP contribution is -2.29. The van der Waals surface area contributed by atoms with E-state index in [0.29, 0.717) is 23.5 Å². The van der Waals surface area contributed by atoms with E-state index in [-0.39, 0.29) is 11.5 Å². The molecule has 1 saturated carbocycles. The quantitative estimate of drug-likeness (QED) is 0.345. The predicted octanol–water partition coefficient (Wildman–Crippen LogP) is 5.01. The first-order chi connectivity index (χ1) is 15.7. The van der Waals surface area contributed by atoms with Gasteiger partial charge in [0.1, 0.15) is 0 Å². The number of rotatable bonds is 8. The Morgan fingerprint density at radius 3 is 2.56 bits per heavy atom. The highest BCUT2D eigenvalue weighted by molar-refractivity contribution is 5.95. The SMILES string of the molecule is O=C(CCCCNC1CCCCCC1)Nc1cccc(-c2n[nH]c(=O)c3ccccc23)c1. The Kier molecular flexibility index (Phi) is 7.67. The normalized spacial score (nSPS) is 14.9. The number of aromatic amines is 1. The molecular weight excluding hydrogens is 400 g/mol. The van der Waals surface area contributed by atoms with Gasteiger partial charge in [0, 0.05) is 29.1 Å². The minimum absolute atomic E-state index is 0.0240. The van der Waals surface area contributed by atoms with Crippen molar-refractivity contribution in [2.75, 3.05) is 11.9 Å². The molecule has 6 nitrogen and oxygen atoms in total. The first-order valence-corrected chi connectivity index (χ1v) is 11.8. The number of unbranched alkanes of at least 4 members (excludes halogenated alkanes) is 1. The summed E-state index contributed by atoms with van der Waals surface area (Å²) in [5.41, 5.74) is 2.08. The second kappa shape index (κ2) is 11.0. The number of nitrogens with zero attached hydrogens (tertiary/aromatic N) is 1. The molecule has 2 aromatic carbocycles. The molecule has 1 aliphatic carbocycles. The van der Waals surface area contributed by atoms with Crippen LogP contribution in [-0.2, 0) is 4.79 Å². The maximum atomic E-state index is 12.4. The zero-order valence-electron chi connectivity index (χ0n) is 18.5. The van der Waals surface area contributed by atoms with Crippen molar-refractivity contribution in [3.8, 4) is 11.3 Å². The number of aromatic nitrogens is 2. The third-order valence-corrected chi connectivity index (χ3v) is 6.23. The summed E-state index contributed by atoms with van der Waals surface area (Å²) in [4.78, 5) is 24.5. The van der Waals surface area contributed by atoms with Crippen LogP contribution in [0.15, 0.2) is 53.3 Å². The fourth-order valence-corrected chi connectivity index (χ4v) is 4.50. The van der Waals surface area contributed by atoms with Crippen molar-refractivity contribution in [2.24, 2.45) is 0 Å². The van der Waals surface area contributed by atoms with Gasteiger partial charge in [-0.25, -0.2) is 5.10 Å². The van der Waals surface area contributed by atoms with E-state index >= 15 is 0 Å². The second-order valence-corrected chi connectivity index (χ2v) is 8.68. The third-order valence-electron chi connectivity index (χ3n) is 6.23. The molecule has 1 aromatic heterocycles. The Morgan fingerprint density at radius 2 is 1.75 bits per heavy atom. The van der Waals surface area contributed by atoms with Crippen LogP contribution in [0.1, 0.15) is 57.8 Å². The summed E-state index contributed by atoms with van der Waals surface area (Å²) in [6.45, 7) is 0.985. The van der Waals surface area contributed by atoms with E-state index in [1.165, 1.54) is 38.5 Å². The highest BCUT2D eigenvalue weighted by Crippen LogP contribution is 2.26. The van der Waals surface area contributed by atoms with Crippen molar-refractivity contribution in [2.45, 2.75) is 63.8 Å². The van der Waals surface area contributed by atoms with Crippen LogP contribution in [0.2, 0.25) is 0 Å². The van der Waals surface area contributed by atoms with Crippen LogP contribution >= 0.6 is 0 Å². The summed E-state index contributed by atoms with van der Waals surface area (Å²) in [7, 11) is 0. The van der Waals surface area contributed by atoms with Gasteiger partial charge in [-0.2, -0.15) is 5.10 Å². The third kappa shape index (κ3) is 5.82. The number of carbonyl (C=O) groups excluding carboxylic acids is 1. The van der Waals surface area contributed by atoms with E-state index in [4.69, 9.17) is 0 Å². The van der Waals surface area contributed by atoms with Gasteiger partial charge in [0.2, 0.25) is 5.91 Å². The lowest BCUT2D eigenvalue weighted by molar-refractivity contribution is -0.116. The Morgan fingerprint density at radius 1 is 0.969 bits per heavy atom. The van der Waals surface area contributed by atoms with Crippen LogP contribution in [0.25, 0.3) is 22.0 Å². The van der Waals surface area contributed by atoms with E-state index in [1.54, 1.807) is 6.07 Å². The Labute approximate surface area is 188 Å². The highest BCUT2D eigenvalue weighted by atomic mass is 16.1. The molecule has 32 heavy (non-hydrogen) atoms. The summed E-state index contributed by atoms with van der Waals surface area (Å²) in [5, 5.41) is 14.9. The van der Waals surface area contributed by atoms with Crippen molar-refractivity contribution < 1.29 is 4.79 Å². The van der Waals surface area contributed by atoms with Crippen molar-refractivity contribution in [1.29, 1.82) is 0 Å². The predicted molar refractivity (Wildman–Crippen MR) is 130 cm³/mol. The molecule has 0 spiro atoms. The van der Waals surface area contributed by atoms with E-state index in [2.05, 4.69) is 20.8 Å². The standard InChI is InChI=1S/C26H32N4O2/c31-24(16-7-8-17-27-20-11-3-1-2-4-12-20)28-21-13-9-10-19(18-21)25-22-14-5-6-15-23(22)26(32)30-29-25/h5-6,9-10,13-15,18,20,27H,1-4,7-8,11-12,16-17H2,(H,28,31)(H,30,32). The van der Waals surface area contributed by atoms with Gasteiger partial charge in [0.05, 0.1) is 11.1 Å². The Balaban J connectivity index is 1.30. The van der Waals surface area contributed by atoms with Crippen molar-refractivity contribution in [3.63, 3.8) is 0 Å². The van der Waals surface area contributed by atoms with Gasteiger partial charge in [-0.05, 0) is 50.4 Å². The molecule has 0 bridgehead atoms. The van der Waals surface area contributed by atoms with Gasteiger partial charge in [0.15, 0.2) is 0 Å². The number of carbonyl (C=O) groups is 1. The topological polar surface area (TPSA) is 86.9 Å². The molecule has 3 aromatic rings. The molecule has 1 amide bonds. The van der Waals surface area contributed by atoms with Crippen LogP contribution in [0.5, 0.6) is 0 Å². The molecule has 1 fully saturated rings. The molecule has 4 rings (SSSR count). The van der Waals surface area contributed by atoms with E-state index in [9.17, 15) is 9.59 Å². The van der Waals surface area contributed by atoms with Gasteiger partial charge in [-0.1, -0.05) is 56.0 Å². The molecule has 0 radical (unpaired) electrons. The van der Waals surface area contributed by atoms with Gasteiger partial charge >= 0.3 is 0 Å². The molecular formula is C26H32N4O2. The first kappa shape index (κ1) is 22.2. The fourth-order valence-electron chi connectivity index (χ4n) is 4.50. The molecule has 3 N–H and O–H groups in total. The maximum absolute atomic E-state index is 12.4. The molecule has 6 heteroatoms. The van der Waals surface area contributed by atoms with E-state index < -0.39 is 0 Å². The molecule has 0 saturated heterocycles. The second-order valence-electron chi connectivity index (χ2n) is 8.68. The van der Waals surface area contributed by atoms with Gasteiger partial charge in [0.25, 0.3) is 5.56 Å². The van der Waals surface area contributed by atoms with Crippen molar-refractivity contribution >= 4 is 22.4 Å². The smallest absolute Gasteiger partial charge is 0.272 e. The largest absolute Gasteiger partial charge is 0.326 e. The van der Waals surface area contributed by atoms with Crippen LogP contribution in [-0.4, -0.2) is 28.7 Å². The number of amides is 1. The summed E-state index contributed by atoms with van der Waals surface area (Å²) in [5.74, 6) is 0.0240. The fraction of sp³-hybridized carbons (Fsp3) is 0.423. The van der Waals surface area contributed by atoms with Crippen LogP contribution < -0.4 is 16.2 Å². The Hall–Kier alpha value is -2.99.